The molecule has 0 aliphatic carbocycles. The molecule has 2 saturated heterocycles. The molecule has 2 aliphatic heterocycles. The van der Waals surface area contributed by atoms with E-state index in [1.807, 2.05) is 16.7 Å². The van der Waals surface area contributed by atoms with Crippen molar-refractivity contribution >= 4 is 28.6 Å². The van der Waals surface area contributed by atoms with Crippen LogP contribution in [0.15, 0.2) is 30.3 Å². The number of nitrogens with zero attached hydrogens (tertiary/aromatic N) is 3. The second-order valence-corrected chi connectivity index (χ2v) is 7.90. The topological polar surface area (TPSA) is 36.4 Å². The monoisotopic (exact) mass is 359 g/mol. The van der Waals surface area contributed by atoms with Crippen molar-refractivity contribution in [2.45, 2.75) is 18.9 Å². The number of hydrogen-bond acceptors (Lipinski definition) is 4. The van der Waals surface area contributed by atoms with Gasteiger partial charge in [-0.05, 0) is 36.5 Å². The highest BCUT2D eigenvalue weighted by atomic mass is 32.2. The number of carbonyl (C=O) groups excluding carboxylic acids is 1. The lowest BCUT2D eigenvalue weighted by molar-refractivity contribution is 0.0554. The fourth-order valence-corrected chi connectivity index (χ4v) is 4.81. The van der Waals surface area contributed by atoms with Crippen LogP contribution in [0.2, 0.25) is 0 Å². The Hall–Kier alpha value is -1.66. The van der Waals surface area contributed by atoms with Crippen LogP contribution >= 0.6 is 11.8 Å². The third-order valence-electron chi connectivity index (χ3n) is 5.20. The molecule has 3 heterocycles. The van der Waals surface area contributed by atoms with Crippen molar-refractivity contribution < 1.29 is 9.18 Å². The number of hydrogen-bond donors (Lipinski definition) is 0. The minimum Gasteiger partial charge on any atom is -0.335 e. The summed E-state index contributed by atoms with van der Waals surface area (Å²) in [5, 5.41) is 0.719. The normalized spacial score (nSPS) is 20.1. The average Bonchev–Trinajstić information content (AvgIpc) is 2.68. The molecule has 4 nitrogen and oxygen atoms in total. The van der Waals surface area contributed by atoms with Crippen molar-refractivity contribution in [1.82, 2.24) is 14.8 Å². The number of thioether (sulfide) groups is 1. The first-order chi connectivity index (χ1) is 12.2. The molecule has 0 bridgehead atoms. The molecule has 0 radical (unpaired) electrons. The predicted octanol–water partition coefficient (Wildman–Crippen LogP) is 3.03. The summed E-state index contributed by atoms with van der Waals surface area (Å²) in [6.07, 6.45) is 2.51. The molecule has 2 fully saturated rings. The molecule has 25 heavy (non-hydrogen) atoms. The van der Waals surface area contributed by atoms with Gasteiger partial charge < -0.3 is 4.90 Å². The highest BCUT2D eigenvalue weighted by Gasteiger charge is 2.28. The molecule has 0 saturated carbocycles. The number of halogens is 1. The van der Waals surface area contributed by atoms with E-state index in [0.29, 0.717) is 11.7 Å². The molecule has 1 aromatic heterocycles. The van der Waals surface area contributed by atoms with Gasteiger partial charge in [0.2, 0.25) is 0 Å². The van der Waals surface area contributed by atoms with Gasteiger partial charge in [-0.3, -0.25) is 9.69 Å². The molecule has 1 aromatic carbocycles. The molecule has 132 valence electrons. The molecule has 2 aromatic rings. The van der Waals surface area contributed by atoms with Gasteiger partial charge in [0.15, 0.2) is 0 Å². The fourth-order valence-electron chi connectivity index (χ4n) is 3.73. The second-order valence-electron chi connectivity index (χ2n) is 6.68. The summed E-state index contributed by atoms with van der Waals surface area (Å²) in [7, 11) is 0. The van der Waals surface area contributed by atoms with Crippen molar-refractivity contribution in [3.05, 3.63) is 41.8 Å². The molecule has 2 aliphatic rings. The van der Waals surface area contributed by atoms with Crippen LogP contribution in [0, 0.1) is 5.82 Å². The van der Waals surface area contributed by atoms with Crippen LogP contribution < -0.4 is 0 Å². The zero-order valence-electron chi connectivity index (χ0n) is 14.2. The summed E-state index contributed by atoms with van der Waals surface area (Å²) < 4.78 is 13.9. The van der Waals surface area contributed by atoms with Crippen LogP contribution in [0.4, 0.5) is 4.39 Å². The lowest BCUT2D eigenvalue weighted by Gasteiger charge is -2.40. The summed E-state index contributed by atoms with van der Waals surface area (Å²) in [5.74, 6) is 2.02. The summed E-state index contributed by atoms with van der Waals surface area (Å²) in [5.41, 5.74) is 0.604. The summed E-state index contributed by atoms with van der Waals surface area (Å²) in [6.45, 7) is 3.28. The van der Waals surface area contributed by atoms with Crippen LogP contribution in [0.3, 0.4) is 0 Å². The minimum atomic E-state index is -0.382. The van der Waals surface area contributed by atoms with Gasteiger partial charge in [-0.2, -0.15) is 11.8 Å². The molecule has 1 amide bonds. The number of para-hydroxylation sites is 1. The largest absolute Gasteiger partial charge is 0.335 e. The van der Waals surface area contributed by atoms with Gasteiger partial charge in [0.05, 0.1) is 0 Å². The Morgan fingerprint density at radius 3 is 2.60 bits per heavy atom. The van der Waals surface area contributed by atoms with Gasteiger partial charge >= 0.3 is 0 Å². The maximum atomic E-state index is 13.9. The maximum Gasteiger partial charge on any atom is 0.272 e. The standard InChI is InChI=1S/C19H22FN3OS/c20-16-3-1-2-14-4-5-17(21-18(14)16)19(24)23-10-8-22(9-11-23)15-6-12-25-13-7-15/h1-5,15H,6-13H2. The van der Waals surface area contributed by atoms with Gasteiger partial charge in [0.25, 0.3) is 5.91 Å². The van der Waals surface area contributed by atoms with Crippen LogP contribution in [0.5, 0.6) is 0 Å². The molecule has 6 heteroatoms. The van der Waals surface area contributed by atoms with Crippen molar-refractivity contribution in [2.24, 2.45) is 0 Å². The van der Waals surface area contributed by atoms with E-state index in [0.717, 1.165) is 31.6 Å². The lowest BCUT2D eigenvalue weighted by atomic mass is 10.1. The molecular formula is C19H22FN3OS. The van der Waals surface area contributed by atoms with E-state index in [4.69, 9.17) is 0 Å². The van der Waals surface area contributed by atoms with Gasteiger partial charge in [-0.25, -0.2) is 9.37 Å². The number of pyridine rings is 1. The van der Waals surface area contributed by atoms with Gasteiger partial charge in [-0.1, -0.05) is 18.2 Å². The van der Waals surface area contributed by atoms with E-state index in [9.17, 15) is 9.18 Å². The molecule has 0 atom stereocenters. The minimum absolute atomic E-state index is 0.0935. The highest BCUT2D eigenvalue weighted by Crippen LogP contribution is 2.23. The number of rotatable bonds is 2. The quantitative estimate of drug-likeness (QED) is 0.826. The third kappa shape index (κ3) is 3.51. The van der Waals surface area contributed by atoms with Gasteiger partial charge in [0, 0.05) is 37.6 Å². The van der Waals surface area contributed by atoms with E-state index in [2.05, 4.69) is 9.88 Å². The van der Waals surface area contributed by atoms with Crippen LogP contribution in [-0.4, -0.2) is 64.4 Å². The number of aromatic nitrogens is 1. The third-order valence-corrected chi connectivity index (χ3v) is 6.25. The number of benzene rings is 1. The Morgan fingerprint density at radius 1 is 1.08 bits per heavy atom. The van der Waals surface area contributed by atoms with Gasteiger partial charge in [-0.15, -0.1) is 0 Å². The van der Waals surface area contributed by atoms with E-state index < -0.39 is 0 Å². The Morgan fingerprint density at radius 2 is 1.84 bits per heavy atom. The Kier molecular flexibility index (Phi) is 4.90. The fraction of sp³-hybridized carbons (Fsp3) is 0.474. The van der Waals surface area contributed by atoms with Crippen molar-refractivity contribution in [3.8, 4) is 0 Å². The lowest BCUT2D eigenvalue weighted by Crippen LogP contribution is -2.52. The van der Waals surface area contributed by atoms with Crippen LogP contribution in [0.1, 0.15) is 23.3 Å². The number of amides is 1. The van der Waals surface area contributed by atoms with E-state index in [-0.39, 0.29) is 17.2 Å². The second kappa shape index (κ2) is 7.30. The molecule has 0 spiro atoms. The SMILES string of the molecule is O=C(c1ccc2cccc(F)c2n1)N1CCN(C2CCSCC2)CC1. The summed E-state index contributed by atoms with van der Waals surface area (Å²) >= 11 is 2.04. The smallest absolute Gasteiger partial charge is 0.272 e. The number of fused-ring (bicyclic) bond motifs is 1. The summed E-state index contributed by atoms with van der Waals surface area (Å²) in [4.78, 5) is 21.4. The van der Waals surface area contributed by atoms with E-state index in [1.54, 1.807) is 24.3 Å². The maximum absolute atomic E-state index is 13.9. The van der Waals surface area contributed by atoms with E-state index >= 15 is 0 Å². The highest BCUT2D eigenvalue weighted by molar-refractivity contribution is 7.99. The predicted molar refractivity (Wildman–Crippen MR) is 99.5 cm³/mol. The first-order valence-corrected chi connectivity index (χ1v) is 10.0. The molecule has 0 N–H and O–H groups in total. The first-order valence-electron chi connectivity index (χ1n) is 8.89. The van der Waals surface area contributed by atoms with Crippen LogP contribution in [-0.2, 0) is 0 Å². The van der Waals surface area contributed by atoms with Crippen LogP contribution in [0.25, 0.3) is 10.9 Å². The van der Waals surface area contributed by atoms with Crippen molar-refractivity contribution in [2.75, 3.05) is 37.7 Å². The Bertz CT molecular complexity index is 770. The summed E-state index contributed by atoms with van der Waals surface area (Å²) in [6, 6.07) is 8.99. The first kappa shape index (κ1) is 16.8. The number of piperazine rings is 1. The van der Waals surface area contributed by atoms with Gasteiger partial charge in [0.1, 0.15) is 17.0 Å². The van der Waals surface area contributed by atoms with Crippen molar-refractivity contribution in [1.29, 1.82) is 0 Å². The molecule has 4 rings (SSSR count). The molecule has 0 unspecified atom stereocenters. The number of carbonyl (C=O) groups is 1. The Labute approximate surface area is 151 Å². The average molecular weight is 359 g/mol. The Balaban J connectivity index is 1.44. The molecular weight excluding hydrogens is 337 g/mol. The zero-order valence-corrected chi connectivity index (χ0v) is 15.0. The zero-order chi connectivity index (χ0) is 17.2. The van der Waals surface area contributed by atoms with E-state index in [1.165, 1.54) is 30.4 Å². The van der Waals surface area contributed by atoms with Crippen molar-refractivity contribution in [3.63, 3.8) is 0 Å².